The number of nitrogens with zero attached hydrogens (tertiary/aromatic N) is 3. The highest BCUT2D eigenvalue weighted by Crippen LogP contribution is 2.35. The number of aryl methyl sites for hydroxylation is 1. The SMILES string of the molecule is CCn1cc(CN2CCC3NNC(c4ccc(-c5ccccc5)cc4)C3C2)cn1. The van der Waals surface area contributed by atoms with E-state index < -0.39 is 0 Å². The van der Waals surface area contributed by atoms with Crippen LogP contribution in [0.4, 0.5) is 0 Å². The lowest BCUT2D eigenvalue weighted by Crippen LogP contribution is -2.45. The number of fused-ring (bicyclic) bond motifs is 1. The smallest absolute Gasteiger partial charge is 0.0534 e. The fourth-order valence-electron chi connectivity index (χ4n) is 4.78. The minimum Gasteiger partial charge on any atom is -0.298 e. The molecule has 3 atom stereocenters. The summed E-state index contributed by atoms with van der Waals surface area (Å²) in [6, 6.07) is 20.6. The molecule has 1 aromatic heterocycles. The molecule has 0 saturated carbocycles. The third-order valence-electron chi connectivity index (χ3n) is 6.39. The summed E-state index contributed by atoms with van der Waals surface area (Å²) >= 11 is 0. The number of hydrazine groups is 1. The Morgan fingerprint density at radius 3 is 2.55 bits per heavy atom. The van der Waals surface area contributed by atoms with E-state index in [4.69, 9.17) is 0 Å². The molecule has 3 aromatic rings. The summed E-state index contributed by atoms with van der Waals surface area (Å²) in [4.78, 5) is 2.58. The molecular formula is C24H29N5. The van der Waals surface area contributed by atoms with Gasteiger partial charge in [0.05, 0.1) is 12.2 Å². The van der Waals surface area contributed by atoms with Crippen molar-refractivity contribution in [3.63, 3.8) is 0 Å². The van der Waals surface area contributed by atoms with Crippen LogP contribution in [-0.4, -0.2) is 33.8 Å². The van der Waals surface area contributed by atoms with Gasteiger partial charge in [0.2, 0.25) is 0 Å². The predicted octanol–water partition coefficient (Wildman–Crippen LogP) is 3.61. The van der Waals surface area contributed by atoms with Crippen LogP contribution >= 0.6 is 0 Å². The summed E-state index contributed by atoms with van der Waals surface area (Å²) < 4.78 is 2.01. The lowest BCUT2D eigenvalue weighted by Gasteiger charge is -2.36. The monoisotopic (exact) mass is 387 g/mol. The summed E-state index contributed by atoms with van der Waals surface area (Å²) in [7, 11) is 0. The molecule has 5 nitrogen and oxygen atoms in total. The van der Waals surface area contributed by atoms with Crippen molar-refractivity contribution >= 4 is 0 Å². The van der Waals surface area contributed by atoms with E-state index in [0.717, 1.165) is 26.2 Å². The molecule has 5 rings (SSSR count). The van der Waals surface area contributed by atoms with Crippen LogP contribution in [0.25, 0.3) is 11.1 Å². The zero-order chi connectivity index (χ0) is 19.6. The largest absolute Gasteiger partial charge is 0.298 e. The van der Waals surface area contributed by atoms with Gasteiger partial charge in [-0.2, -0.15) is 5.10 Å². The maximum Gasteiger partial charge on any atom is 0.0534 e. The van der Waals surface area contributed by atoms with Gasteiger partial charge in [-0.05, 0) is 30.0 Å². The number of hydrogen-bond acceptors (Lipinski definition) is 4. The minimum atomic E-state index is 0.353. The molecule has 2 fully saturated rings. The van der Waals surface area contributed by atoms with E-state index in [2.05, 4.69) is 88.6 Å². The summed E-state index contributed by atoms with van der Waals surface area (Å²) in [6.45, 7) is 6.29. The highest BCUT2D eigenvalue weighted by atomic mass is 15.4. The van der Waals surface area contributed by atoms with Gasteiger partial charge in [-0.1, -0.05) is 54.6 Å². The molecule has 0 aliphatic carbocycles. The molecule has 29 heavy (non-hydrogen) atoms. The van der Waals surface area contributed by atoms with Crippen molar-refractivity contribution in [3.8, 4) is 11.1 Å². The van der Waals surface area contributed by atoms with E-state index in [1.807, 2.05) is 10.9 Å². The molecule has 3 heterocycles. The first kappa shape index (κ1) is 18.6. The third-order valence-corrected chi connectivity index (χ3v) is 6.39. The third kappa shape index (κ3) is 3.86. The van der Waals surface area contributed by atoms with Crippen molar-refractivity contribution in [1.29, 1.82) is 0 Å². The van der Waals surface area contributed by atoms with Crippen LogP contribution in [-0.2, 0) is 13.1 Å². The van der Waals surface area contributed by atoms with Gasteiger partial charge < -0.3 is 0 Å². The summed E-state index contributed by atoms with van der Waals surface area (Å²) in [5.41, 5.74) is 12.4. The van der Waals surface area contributed by atoms with Gasteiger partial charge >= 0.3 is 0 Å². The average Bonchev–Trinajstić information content (AvgIpc) is 3.41. The Labute approximate surface area is 172 Å². The van der Waals surface area contributed by atoms with Crippen molar-refractivity contribution in [1.82, 2.24) is 25.5 Å². The van der Waals surface area contributed by atoms with E-state index >= 15 is 0 Å². The normalized spacial score (nSPS) is 24.5. The Bertz CT molecular complexity index is 933. The molecule has 2 N–H and O–H groups in total. The van der Waals surface area contributed by atoms with Gasteiger partial charge in [-0.3, -0.25) is 15.0 Å². The molecule has 2 aromatic carbocycles. The fourth-order valence-corrected chi connectivity index (χ4v) is 4.78. The van der Waals surface area contributed by atoms with Crippen LogP contribution in [0.5, 0.6) is 0 Å². The molecule has 3 unspecified atom stereocenters. The minimum absolute atomic E-state index is 0.353. The van der Waals surface area contributed by atoms with Crippen LogP contribution in [0.15, 0.2) is 67.0 Å². The number of rotatable bonds is 5. The zero-order valence-corrected chi connectivity index (χ0v) is 17.0. The molecule has 0 amide bonds. The summed E-state index contributed by atoms with van der Waals surface area (Å²) in [6.07, 6.45) is 5.37. The Hall–Kier alpha value is -2.47. The van der Waals surface area contributed by atoms with E-state index in [0.29, 0.717) is 18.0 Å². The first-order valence-corrected chi connectivity index (χ1v) is 10.7. The van der Waals surface area contributed by atoms with E-state index in [1.165, 1.54) is 28.7 Å². The van der Waals surface area contributed by atoms with Crippen LogP contribution < -0.4 is 10.9 Å². The van der Waals surface area contributed by atoms with Gasteiger partial charge in [0.1, 0.15) is 0 Å². The average molecular weight is 388 g/mol. The molecule has 0 radical (unpaired) electrons. The Kier molecular flexibility index (Phi) is 5.19. The zero-order valence-electron chi connectivity index (χ0n) is 17.0. The maximum atomic E-state index is 4.43. The fraction of sp³-hybridized carbons (Fsp3) is 0.375. The van der Waals surface area contributed by atoms with Crippen molar-refractivity contribution in [3.05, 3.63) is 78.1 Å². The highest BCUT2D eigenvalue weighted by molar-refractivity contribution is 5.63. The molecule has 2 aliphatic rings. The molecule has 0 bridgehead atoms. The topological polar surface area (TPSA) is 45.1 Å². The predicted molar refractivity (Wildman–Crippen MR) is 116 cm³/mol. The molecule has 150 valence electrons. The molecule has 2 saturated heterocycles. The van der Waals surface area contributed by atoms with Gasteiger partial charge in [0.25, 0.3) is 0 Å². The van der Waals surface area contributed by atoms with Gasteiger partial charge in [0.15, 0.2) is 0 Å². The molecular weight excluding hydrogens is 358 g/mol. The van der Waals surface area contributed by atoms with Crippen LogP contribution in [0.3, 0.4) is 0 Å². The number of nitrogens with one attached hydrogen (secondary N) is 2. The number of aromatic nitrogens is 2. The van der Waals surface area contributed by atoms with Crippen LogP contribution in [0.1, 0.15) is 30.5 Å². The molecule has 0 spiro atoms. The van der Waals surface area contributed by atoms with Gasteiger partial charge in [-0.25, -0.2) is 5.43 Å². The lowest BCUT2D eigenvalue weighted by atomic mass is 9.84. The Morgan fingerprint density at radius 1 is 1.00 bits per heavy atom. The van der Waals surface area contributed by atoms with Gasteiger partial charge in [-0.15, -0.1) is 0 Å². The first-order chi connectivity index (χ1) is 14.3. The van der Waals surface area contributed by atoms with Crippen molar-refractivity contribution in [2.24, 2.45) is 5.92 Å². The Morgan fingerprint density at radius 2 is 1.79 bits per heavy atom. The number of benzene rings is 2. The standard InChI is InChI=1S/C24H29N5/c1-2-29-16-18(14-25-29)15-28-13-12-23-22(17-28)24(27-26-23)21-10-8-20(9-11-21)19-6-4-3-5-7-19/h3-11,14,16,22-24,26-27H,2,12-13,15,17H2,1H3. The second-order valence-electron chi connectivity index (χ2n) is 8.25. The number of likely N-dealkylation sites (tertiary alicyclic amines) is 1. The Balaban J connectivity index is 1.29. The quantitative estimate of drug-likeness (QED) is 0.702. The van der Waals surface area contributed by atoms with Gasteiger partial charge in [0, 0.05) is 49.9 Å². The second-order valence-corrected chi connectivity index (χ2v) is 8.25. The van der Waals surface area contributed by atoms with E-state index in [9.17, 15) is 0 Å². The van der Waals surface area contributed by atoms with E-state index in [1.54, 1.807) is 0 Å². The van der Waals surface area contributed by atoms with Crippen molar-refractivity contribution < 1.29 is 0 Å². The highest BCUT2D eigenvalue weighted by Gasteiger charge is 2.40. The lowest BCUT2D eigenvalue weighted by molar-refractivity contribution is 0.148. The molecule has 5 heteroatoms. The first-order valence-electron chi connectivity index (χ1n) is 10.7. The van der Waals surface area contributed by atoms with E-state index in [-0.39, 0.29) is 0 Å². The maximum absolute atomic E-state index is 4.43. The van der Waals surface area contributed by atoms with Crippen molar-refractivity contribution in [2.75, 3.05) is 13.1 Å². The number of hydrogen-bond donors (Lipinski definition) is 2. The number of piperidine rings is 1. The van der Waals surface area contributed by atoms with Crippen LogP contribution in [0, 0.1) is 5.92 Å². The molecule has 2 aliphatic heterocycles. The second kappa shape index (κ2) is 8.11. The van der Waals surface area contributed by atoms with Crippen LogP contribution in [0.2, 0.25) is 0 Å². The summed E-state index contributed by atoms with van der Waals surface area (Å²) in [5.74, 6) is 0.576. The van der Waals surface area contributed by atoms with Crippen molar-refractivity contribution in [2.45, 2.75) is 38.5 Å². The summed E-state index contributed by atoms with van der Waals surface area (Å²) in [5, 5.41) is 4.43.